The number of nitrogens with zero attached hydrogens (tertiary/aromatic N) is 3. The highest BCUT2D eigenvalue weighted by Crippen LogP contribution is 2.28. The van der Waals surface area contributed by atoms with Gasteiger partial charge in [-0.3, -0.25) is 4.79 Å². The van der Waals surface area contributed by atoms with Gasteiger partial charge < -0.3 is 14.6 Å². The van der Waals surface area contributed by atoms with E-state index < -0.39 is 17.7 Å². The van der Waals surface area contributed by atoms with Crippen molar-refractivity contribution in [2.45, 2.75) is 50.8 Å². The fourth-order valence-corrected chi connectivity index (χ4v) is 3.05. The van der Waals surface area contributed by atoms with Gasteiger partial charge in [-0.2, -0.15) is 0 Å². The maximum atomic E-state index is 13.6. The standard InChI is InChI=1S/C17H20F2N4O2/c1-11(25-16-7-2-12(18)8-15(16)19)17(24)22-13-3-5-14(6-4-13)23-9-20-21-10-23/h2,7-11,13-14H,3-6H2,1H3,(H,22,24)/t11-,13?,14?/m0/s1. The second kappa shape index (κ2) is 7.58. The van der Waals surface area contributed by atoms with Gasteiger partial charge in [0, 0.05) is 18.2 Å². The first kappa shape index (κ1) is 17.3. The molecule has 0 radical (unpaired) electrons. The molecule has 0 bridgehead atoms. The van der Waals surface area contributed by atoms with Crippen LogP contribution in [0.25, 0.3) is 0 Å². The second-order valence-corrected chi connectivity index (χ2v) is 6.26. The number of hydrogen-bond acceptors (Lipinski definition) is 4. The number of nitrogens with one attached hydrogen (secondary N) is 1. The molecule has 0 saturated heterocycles. The third kappa shape index (κ3) is 4.32. The van der Waals surface area contributed by atoms with Crippen molar-refractivity contribution in [2.75, 3.05) is 0 Å². The molecule has 6 nitrogen and oxygen atoms in total. The number of rotatable bonds is 5. The van der Waals surface area contributed by atoms with Crippen LogP contribution in [0.15, 0.2) is 30.9 Å². The van der Waals surface area contributed by atoms with Crippen molar-refractivity contribution in [3.8, 4) is 5.75 Å². The van der Waals surface area contributed by atoms with Gasteiger partial charge >= 0.3 is 0 Å². The Morgan fingerprint density at radius 2 is 1.92 bits per heavy atom. The van der Waals surface area contributed by atoms with Crippen LogP contribution in [0.2, 0.25) is 0 Å². The SMILES string of the molecule is C[C@H](Oc1ccc(F)cc1F)C(=O)NC1CCC(n2cnnc2)CC1. The molecule has 1 amide bonds. The average molecular weight is 350 g/mol. The summed E-state index contributed by atoms with van der Waals surface area (Å²) < 4.78 is 33.8. The van der Waals surface area contributed by atoms with Crippen LogP contribution in [0, 0.1) is 11.6 Å². The lowest BCUT2D eigenvalue weighted by Crippen LogP contribution is -2.44. The second-order valence-electron chi connectivity index (χ2n) is 6.26. The van der Waals surface area contributed by atoms with Crippen molar-refractivity contribution >= 4 is 5.91 Å². The van der Waals surface area contributed by atoms with E-state index in [9.17, 15) is 13.6 Å². The Bertz CT molecular complexity index is 715. The maximum absolute atomic E-state index is 13.6. The molecule has 1 saturated carbocycles. The molecule has 1 N–H and O–H groups in total. The summed E-state index contributed by atoms with van der Waals surface area (Å²) in [5, 5.41) is 10.6. The smallest absolute Gasteiger partial charge is 0.260 e. The normalized spacial score (nSPS) is 21.6. The highest BCUT2D eigenvalue weighted by atomic mass is 19.1. The van der Waals surface area contributed by atoms with Crippen LogP contribution in [-0.4, -0.2) is 32.8 Å². The molecule has 3 rings (SSSR count). The summed E-state index contributed by atoms with van der Waals surface area (Å²) in [5.41, 5.74) is 0. The molecule has 1 aliphatic carbocycles. The molecule has 0 unspecified atom stereocenters. The Kier molecular flexibility index (Phi) is 5.25. The minimum absolute atomic E-state index is 0.0596. The van der Waals surface area contributed by atoms with Crippen LogP contribution in [-0.2, 0) is 4.79 Å². The number of carbonyl (C=O) groups is 1. The summed E-state index contributed by atoms with van der Waals surface area (Å²) in [6, 6.07) is 3.41. The lowest BCUT2D eigenvalue weighted by atomic mass is 9.91. The summed E-state index contributed by atoms with van der Waals surface area (Å²) in [6.45, 7) is 1.54. The first-order chi connectivity index (χ1) is 12.0. The molecule has 2 aromatic rings. The number of hydrogen-bond donors (Lipinski definition) is 1. The number of halogens is 2. The van der Waals surface area contributed by atoms with E-state index in [-0.39, 0.29) is 17.7 Å². The van der Waals surface area contributed by atoms with Crippen molar-refractivity contribution in [1.82, 2.24) is 20.1 Å². The Hall–Kier alpha value is -2.51. The van der Waals surface area contributed by atoms with Gasteiger partial charge in [0.25, 0.3) is 5.91 Å². The molecule has 0 aliphatic heterocycles. The van der Waals surface area contributed by atoms with E-state index in [1.807, 2.05) is 4.57 Å². The lowest BCUT2D eigenvalue weighted by molar-refractivity contribution is -0.128. The summed E-state index contributed by atoms with van der Waals surface area (Å²) in [7, 11) is 0. The Labute approximate surface area is 144 Å². The van der Waals surface area contributed by atoms with Crippen LogP contribution >= 0.6 is 0 Å². The van der Waals surface area contributed by atoms with E-state index in [1.165, 1.54) is 6.07 Å². The van der Waals surface area contributed by atoms with Gasteiger partial charge in [0.2, 0.25) is 0 Å². The average Bonchev–Trinajstić information content (AvgIpc) is 3.12. The van der Waals surface area contributed by atoms with Gasteiger partial charge in [-0.1, -0.05) is 0 Å². The molecule has 1 atom stereocenters. The van der Waals surface area contributed by atoms with Crippen molar-refractivity contribution in [1.29, 1.82) is 0 Å². The zero-order chi connectivity index (χ0) is 17.8. The van der Waals surface area contributed by atoms with Gasteiger partial charge in [-0.15, -0.1) is 10.2 Å². The van der Waals surface area contributed by atoms with Crippen molar-refractivity contribution < 1.29 is 18.3 Å². The Morgan fingerprint density at radius 3 is 2.56 bits per heavy atom. The van der Waals surface area contributed by atoms with E-state index in [4.69, 9.17) is 4.74 Å². The van der Waals surface area contributed by atoms with Crippen molar-refractivity contribution in [3.05, 3.63) is 42.5 Å². The molecule has 1 aliphatic rings. The molecular formula is C17H20F2N4O2. The molecule has 25 heavy (non-hydrogen) atoms. The predicted octanol–water partition coefficient (Wildman–Crippen LogP) is 2.62. The quantitative estimate of drug-likeness (QED) is 0.900. The monoisotopic (exact) mass is 350 g/mol. The highest BCUT2D eigenvalue weighted by molar-refractivity contribution is 5.81. The zero-order valence-corrected chi connectivity index (χ0v) is 13.9. The molecule has 1 heterocycles. The molecule has 1 aromatic carbocycles. The lowest BCUT2D eigenvalue weighted by Gasteiger charge is -2.30. The third-order valence-corrected chi connectivity index (χ3v) is 4.47. The minimum atomic E-state index is -0.865. The number of aromatic nitrogens is 3. The maximum Gasteiger partial charge on any atom is 0.260 e. The summed E-state index contributed by atoms with van der Waals surface area (Å²) in [6.07, 6.45) is 6.07. The first-order valence-electron chi connectivity index (χ1n) is 8.29. The molecular weight excluding hydrogens is 330 g/mol. The van der Waals surface area contributed by atoms with Gasteiger partial charge in [0.05, 0.1) is 0 Å². The topological polar surface area (TPSA) is 69.0 Å². The molecule has 0 spiro atoms. The number of benzene rings is 1. The molecule has 134 valence electrons. The number of carbonyl (C=O) groups excluding carboxylic acids is 1. The van der Waals surface area contributed by atoms with E-state index in [0.29, 0.717) is 6.04 Å². The number of amides is 1. The van der Waals surface area contributed by atoms with Crippen LogP contribution in [0.3, 0.4) is 0 Å². The first-order valence-corrected chi connectivity index (χ1v) is 8.29. The summed E-state index contributed by atoms with van der Waals surface area (Å²) in [4.78, 5) is 12.2. The summed E-state index contributed by atoms with van der Waals surface area (Å²) in [5.74, 6) is -1.96. The van der Waals surface area contributed by atoms with Gasteiger partial charge in [-0.25, -0.2) is 8.78 Å². The zero-order valence-electron chi connectivity index (χ0n) is 13.9. The van der Waals surface area contributed by atoms with Crippen molar-refractivity contribution in [2.24, 2.45) is 0 Å². The third-order valence-electron chi connectivity index (χ3n) is 4.47. The van der Waals surface area contributed by atoms with E-state index >= 15 is 0 Å². The predicted molar refractivity (Wildman–Crippen MR) is 85.9 cm³/mol. The summed E-state index contributed by atoms with van der Waals surface area (Å²) >= 11 is 0. The highest BCUT2D eigenvalue weighted by Gasteiger charge is 2.25. The van der Waals surface area contributed by atoms with Crippen LogP contribution in [0.1, 0.15) is 38.6 Å². The van der Waals surface area contributed by atoms with Gasteiger partial charge in [0.1, 0.15) is 18.5 Å². The van der Waals surface area contributed by atoms with Gasteiger partial charge in [0.15, 0.2) is 17.7 Å². The van der Waals surface area contributed by atoms with Crippen LogP contribution in [0.4, 0.5) is 8.78 Å². The van der Waals surface area contributed by atoms with Gasteiger partial charge in [-0.05, 0) is 44.7 Å². The Balaban J connectivity index is 1.49. The van der Waals surface area contributed by atoms with E-state index in [0.717, 1.165) is 37.8 Å². The van der Waals surface area contributed by atoms with Crippen LogP contribution in [0.5, 0.6) is 5.75 Å². The fourth-order valence-electron chi connectivity index (χ4n) is 3.05. The Morgan fingerprint density at radius 1 is 1.24 bits per heavy atom. The number of ether oxygens (including phenoxy) is 1. The van der Waals surface area contributed by atoms with E-state index in [1.54, 1.807) is 19.6 Å². The molecule has 1 fully saturated rings. The fraction of sp³-hybridized carbons (Fsp3) is 0.471. The minimum Gasteiger partial charge on any atom is -0.478 e. The van der Waals surface area contributed by atoms with Crippen LogP contribution < -0.4 is 10.1 Å². The molecule has 8 heteroatoms. The van der Waals surface area contributed by atoms with E-state index in [2.05, 4.69) is 15.5 Å². The van der Waals surface area contributed by atoms with Crippen molar-refractivity contribution in [3.63, 3.8) is 0 Å². The largest absolute Gasteiger partial charge is 0.478 e. The molecule has 1 aromatic heterocycles.